The van der Waals surface area contributed by atoms with E-state index in [-0.39, 0.29) is 11.8 Å². The van der Waals surface area contributed by atoms with Crippen LogP contribution in [0.5, 0.6) is 0 Å². The second-order valence-corrected chi connectivity index (χ2v) is 4.07. The molecular formula is C11H21N5O3. The summed E-state index contributed by atoms with van der Waals surface area (Å²) in [6.45, 7) is 3.79. The molecule has 0 spiro atoms. The first kappa shape index (κ1) is 15.4. The van der Waals surface area contributed by atoms with Crippen molar-refractivity contribution in [1.29, 1.82) is 0 Å². The van der Waals surface area contributed by atoms with Gasteiger partial charge in [-0.25, -0.2) is 5.84 Å². The number of aliphatic imine (C=N–C) groups is 1. The van der Waals surface area contributed by atoms with Crippen molar-refractivity contribution < 1.29 is 14.3 Å². The van der Waals surface area contributed by atoms with Gasteiger partial charge >= 0.3 is 0 Å². The van der Waals surface area contributed by atoms with Gasteiger partial charge in [-0.3, -0.25) is 25.3 Å². The van der Waals surface area contributed by atoms with Gasteiger partial charge in [0.1, 0.15) is 6.04 Å². The lowest BCUT2D eigenvalue weighted by Crippen LogP contribution is -2.55. The summed E-state index contributed by atoms with van der Waals surface area (Å²) < 4.78 is 5.18. The van der Waals surface area contributed by atoms with Crippen molar-refractivity contribution in [3.8, 4) is 0 Å². The highest BCUT2D eigenvalue weighted by Crippen LogP contribution is 2.03. The fraction of sp³-hybridized carbons (Fsp3) is 0.727. The Bertz CT molecular complexity index is 345. The third kappa shape index (κ3) is 5.66. The van der Waals surface area contributed by atoms with Crippen LogP contribution in [0.4, 0.5) is 0 Å². The van der Waals surface area contributed by atoms with Crippen LogP contribution in [0, 0.1) is 0 Å². The van der Waals surface area contributed by atoms with E-state index in [9.17, 15) is 9.59 Å². The molecule has 0 aromatic rings. The number of guanidine groups is 1. The number of rotatable bonds is 6. The average molecular weight is 271 g/mol. The molecule has 8 nitrogen and oxygen atoms in total. The van der Waals surface area contributed by atoms with Gasteiger partial charge in [0.05, 0.1) is 0 Å². The van der Waals surface area contributed by atoms with Gasteiger partial charge in [-0.15, -0.1) is 0 Å². The summed E-state index contributed by atoms with van der Waals surface area (Å²) in [7, 11) is 0. The molecule has 0 radical (unpaired) electrons. The van der Waals surface area contributed by atoms with Crippen molar-refractivity contribution in [3.63, 3.8) is 0 Å². The quantitative estimate of drug-likeness (QED) is 0.118. The van der Waals surface area contributed by atoms with E-state index in [1.165, 1.54) is 0 Å². The average Bonchev–Trinajstić information content (AvgIpc) is 2.39. The van der Waals surface area contributed by atoms with Gasteiger partial charge in [0, 0.05) is 26.2 Å². The molecule has 1 saturated heterocycles. The maximum atomic E-state index is 11.5. The van der Waals surface area contributed by atoms with Gasteiger partial charge in [-0.05, 0) is 19.8 Å². The van der Waals surface area contributed by atoms with Crippen LogP contribution in [-0.4, -0.2) is 43.6 Å². The lowest BCUT2D eigenvalue weighted by molar-refractivity contribution is -0.134. The molecule has 1 heterocycles. The van der Waals surface area contributed by atoms with Crippen LogP contribution in [0.3, 0.4) is 0 Å². The summed E-state index contributed by atoms with van der Waals surface area (Å²) in [5.41, 5.74) is 2.41. The molecule has 0 aromatic heterocycles. The van der Waals surface area contributed by atoms with Gasteiger partial charge in [0.2, 0.25) is 17.8 Å². The van der Waals surface area contributed by atoms with E-state index in [2.05, 4.69) is 21.1 Å². The van der Waals surface area contributed by atoms with E-state index in [1.807, 2.05) is 6.92 Å². The molecule has 0 aromatic carbocycles. The van der Waals surface area contributed by atoms with Crippen molar-refractivity contribution >= 4 is 17.8 Å². The zero-order valence-corrected chi connectivity index (χ0v) is 11.1. The minimum atomic E-state index is -0.487. The topological polar surface area (TPSA) is 118 Å². The smallest absolute Gasteiger partial charge is 0.249 e. The Kier molecular flexibility index (Phi) is 6.83. The Hall–Kier alpha value is -1.67. The molecule has 19 heavy (non-hydrogen) atoms. The zero-order chi connectivity index (χ0) is 14.1. The van der Waals surface area contributed by atoms with Crippen molar-refractivity contribution in [2.24, 2.45) is 10.8 Å². The molecule has 5 N–H and O–H groups in total. The number of nitrogens with two attached hydrogens (primary N) is 1. The Morgan fingerprint density at radius 1 is 1.58 bits per heavy atom. The Labute approximate surface area is 112 Å². The summed E-state index contributed by atoms with van der Waals surface area (Å²) in [6.07, 6.45) is 1.52. The van der Waals surface area contributed by atoms with E-state index < -0.39 is 6.04 Å². The van der Waals surface area contributed by atoms with Crippen molar-refractivity contribution in [1.82, 2.24) is 16.1 Å². The summed E-state index contributed by atoms with van der Waals surface area (Å²) >= 11 is 0. The number of hydrogen-bond acceptors (Lipinski definition) is 5. The van der Waals surface area contributed by atoms with E-state index >= 15 is 0 Å². The predicted octanol–water partition coefficient (Wildman–Crippen LogP) is -1.37. The number of carbonyl (C=O) groups is 2. The highest BCUT2D eigenvalue weighted by atomic mass is 16.5. The number of piperidine rings is 1. The fourth-order valence-corrected chi connectivity index (χ4v) is 1.63. The third-order valence-corrected chi connectivity index (χ3v) is 2.61. The van der Waals surface area contributed by atoms with E-state index in [4.69, 9.17) is 10.6 Å². The summed E-state index contributed by atoms with van der Waals surface area (Å²) in [5.74, 6) is 5.07. The first-order valence-corrected chi connectivity index (χ1v) is 6.36. The van der Waals surface area contributed by atoms with Crippen LogP contribution in [0.1, 0.15) is 26.2 Å². The minimum Gasteiger partial charge on any atom is -0.382 e. The van der Waals surface area contributed by atoms with Crippen molar-refractivity contribution in [2.75, 3.05) is 19.8 Å². The fourth-order valence-electron chi connectivity index (χ4n) is 1.63. The number of hydrazine groups is 1. The second kappa shape index (κ2) is 8.44. The Morgan fingerprint density at radius 2 is 2.37 bits per heavy atom. The molecule has 0 bridgehead atoms. The Balaban J connectivity index is 2.36. The van der Waals surface area contributed by atoms with Crippen LogP contribution < -0.4 is 21.9 Å². The van der Waals surface area contributed by atoms with Gasteiger partial charge in [-0.2, -0.15) is 0 Å². The Morgan fingerprint density at radius 3 is 3.00 bits per heavy atom. The lowest BCUT2D eigenvalue weighted by atomic mass is 10.1. The highest BCUT2D eigenvalue weighted by Gasteiger charge is 2.26. The van der Waals surface area contributed by atoms with Crippen LogP contribution in [-0.2, 0) is 14.3 Å². The van der Waals surface area contributed by atoms with E-state index in [1.54, 1.807) is 0 Å². The first-order valence-electron chi connectivity index (χ1n) is 6.36. The van der Waals surface area contributed by atoms with Crippen LogP contribution in [0.15, 0.2) is 4.99 Å². The molecule has 8 heteroatoms. The summed E-state index contributed by atoms with van der Waals surface area (Å²) in [4.78, 5) is 26.7. The monoisotopic (exact) mass is 271 g/mol. The van der Waals surface area contributed by atoms with E-state index in [0.717, 1.165) is 6.42 Å². The van der Waals surface area contributed by atoms with Gasteiger partial charge in [0.15, 0.2) is 0 Å². The largest absolute Gasteiger partial charge is 0.382 e. The summed E-state index contributed by atoms with van der Waals surface area (Å²) in [5, 5.41) is 5.13. The maximum absolute atomic E-state index is 11.5. The van der Waals surface area contributed by atoms with Crippen molar-refractivity contribution in [2.45, 2.75) is 32.2 Å². The second-order valence-electron chi connectivity index (χ2n) is 4.07. The molecule has 0 saturated carbocycles. The van der Waals surface area contributed by atoms with Gasteiger partial charge in [0.25, 0.3) is 0 Å². The number of nitrogens with zero attached hydrogens (tertiary/aromatic N) is 1. The van der Waals surface area contributed by atoms with E-state index in [0.29, 0.717) is 38.6 Å². The molecule has 1 atom stereocenters. The summed E-state index contributed by atoms with van der Waals surface area (Å²) in [6, 6.07) is -0.487. The number of ether oxygens (including phenoxy) is 1. The molecule has 108 valence electrons. The lowest BCUT2D eigenvalue weighted by Gasteiger charge is -2.23. The normalized spacial score (nSPS) is 20.1. The molecule has 1 unspecified atom stereocenters. The highest BCUT2D eigenvalue weighted by molar-refractivity contribution is 6.01. The molecule has 1 aliphatic rings. The van der Waals surface area contributed by atoms with Gasteiger partial charge < -0.3 is 10.1 Å². The number of amides is 2. The predicted molar refractivity (Wildman–Crippen MR) is 70.0 cm³/mol. The van der Waals surface area contributed by atoms with Crippen LogP contribution in [0.2, 0.25) is 0 Å². The van der Waals surface area contributed by atoms with Crippen LogP contribution >= 0.6 is 0 Å². The molecular weight excluding hydrogens is 250 g/mol. The number of carbonyl (C=O) groups excluding carboxylic acids is 2. The molecule has 1 rings (SSSR count). The minimum absolute atomic E-state index is 0.251. The number of hydrogen-bond donors (Lipinski definition) is 4. The maximum Gasteiger partial charge on any atom is 0.249 e. The molecule has 1 fully saturated rings. The third-order valence-electron chi connectivity index (χ3n) is 2.61. The molecule has 2 amide bonds. The standard InChI is InChI=1S/C11H21N5O3/c1-2-19-7-3-6-13-11(16-12)14-8-4-5-9(17)15-10(8)18/h8H,2-7,12H2,1H3,(H2,13,14,16)(H,15,17,18). The number of nitrogens with one attached hydrogen (secondary N) is 3. The van der Waals surface area contributed by atoms with Gasteiger partial charge in [-0.1, -0.05) is 0 Å². The van der Waals surface area contributed by atoms with Crippen LogP contribution in [0.25, 0.3) is 0 Å². The first-order chi connectivity index (χ1) is 9.17. The zero-order valence-electron chi connectivity index (χ0n) is 11.1. The molecule has 0 aliphatic carbocycles. The molecule has 1 aliphatic heterocycles. The SMILES string of the molecule is CCOCCCN=C(NN)NC1CCC(=O)NC1=O. The van der Waals surface area contributed by atoms with Crippen molar-refractivity contribution in [3.05, 3.63) is 0 Å². The number of imide groups is 1.